The van der Waals surface area contributed by atoms with Crippen molar-refractivity contribution in [3.05, 3.63) is 28.8 Å². The molecule has 1 aromatic rings. The quantitative estimate of drug-likeness (QED) is 0.418. The summed E-state index contributed by atoms with van der Waals surface area (Å²) in [5.41, 5.74) is 4.22. The maximum absolute atomic E-state index is 10.3. The minimum absolute atomic E-state index is 0. The van der Waals surface area contributed by atoms with Crippen LogP contribution >= 0.6 is 0 Å². The molecule has 0 aromatic heterocycles. The second-order valence-electron chi connectivity index (χ2n) is 6.57. The molecule has 0 bridgehead atoms. The van der Waals surface area contributed by atoms with Gasteiger partial charge in [-0.1, -0.05) is 65.4 Å². The van der Waals surface area contributed by atoms with Gasteiger partial charge in [-0.25, -0.2) is 0 Å². The lowest BCUT2D eigenvalue weighted by molar-refractivity contribution is 0.464. The number of aromatic hydroxyl groups is 1. The molecule has 1 aromatic carbocycles. The van der Waals surface area contributed by atoms with Crippen LogP contribution in [-0.4, -0.2) is 5.11 Å². The van der Waals surface area contributed by atoms with Crippen LogP contribution in [0.5, 0.6) is 5.75 Å². The van der Waals surface area contributed by atoms with E-state index in [-0.39, 0.29) is 6.15 Å². The third-order valence-electron chi connectivity index (χ3n) is 4.61. The van der Waals surface area contributed by atoms with Crippen LogP contribution in [0.1, 0.15) is 95.2 Å². The third-order valence-corrected chi connectivity index (χ3v) is 4.61. The van der Waals surface area contributed by atoms with Crippen LogP contribution in [0.2, 0.25) is 0 Å². The van der Waals surface area contributed by atoms with E-state index >= 15 is 0 Å². The molecule has 2 nitrogen and oxygen atoms in total. The predicted molar refractivity (Wildman–Crippen MR) is 103 cm³/mol. The molecule has 4 N–H and O–H groups in total. The van der Waals surface area contributed by atoms with Gasteiger partial charge in [0, 0.05) is 0 Å². The Hall–Kier alpha value is -1.02. The highest BCUT2D eigenvalue weighted by atomic mass is 16.3. The Labute approximate surface area is 144 Å². The molecule has 0 atom stereocenters. The Bertz CT molecular complexity index is 415. The van der Waals surface area contributed by atoms with Gasteiger partial charge in [0.2, 0.25) is 0 Å². The molecule has 1 rings (SSSR count). The molecule has 0 aliphatic carbocycles. The van der Waals surface area contributed by atoms with E-state index in [9.17, 15) is 5.11 Å². The van der Waals surface area contributed by atoms with Crippen molar-refractivity contribution < 1.29 is 5.11 Å². The van der Waals surface area contributed by atoms with Gasteiger partial charge in [-0.3, -0.25) is 0 Å². The fourth-order valence-corrected chi connectivity index (χ4v) is 3.22. The van der Waals surface area contributed by atoms with Gasteiger partial charge in [-0.15, -0.1) is 0 Å². The van der Waals surface area contributed by atoms with Crippen LogP contribution in [0, 0.1) is 0 Å². The highest BCUT2D eigenvalue weighted by Crippen LogP contribution is 2.29. The number of phenolic OH excluding ortho intramolecular Hbond substituents is 1. The van der Waals surface area contributed by atoms with Gasteiger partial charge >= 0.3 is 0 Å². The van der Waals surface area contributed by atoms with E-state index in [1.807, 2.05) is 6.07 Å². The summed E-state index contributed by atoms with van der Waals surface area (Å²) in [6.45, 7) is 6.76. The van der Waals surface area contributed by atoms with Gasteiger partial charge in [0.1, 0.15) is 5.75 Å². The van der Waals surface area contributed by atoms with E-state index in [1.54, 1.807) is 0 Å². The molecule has 0 spiro atoms. The Morgan fingerprint density at radius 1 is 0.652 bits per heavy atom. The zero-order valence-electron chi connectivity index (χ0n) is 15.8. The molecule has 0 aliphatic rings. The summed E-state index contributed by atoms with van der Waals surface area (Å²) in [6, 6.07) is 4.11. The van der Waals surface area contributed by atoms with Crippen molar-refractivity contribution in [2.75, 3.05) is 0 Å². The molecule has 23 heavy (non-hydrogen) atoms. The Morgan fingerprint density at radius 3 is 1.65 bits per heavy atom. The van der Waals surface area contributed by atoms with Crippen LogP contribution in [0.15, 0.2) is 12.1 Å². The summed E-state index contributed by atoms with van der Waals surface area (Å²) in [7, 11) is 0. The lowest BCUT2D eigenvalue weighted by Crippen LogP contribution is -2.02. The molecule has 0 fully saturated rings. The fourth-order valence-electron chi connectivity index (χ4n) is 3.22. The first kappa shape index (κ1) is 22.0. The molecule has 2 heteroatoms. The van der Waals surface area contributed by atoms with Gasteiger partial charge in [0.15, 0.2) is 0 Å². The summed E-state index contributed by atoms with van der Waals surface area (Å²) >= 11 is 0. The van der Waals surface area contributed by atoms with Gasteiger partial charge in [-0.05, 0) is 61.3 Å². The highest BCUT2D eigenvalue weighted by Gasteiger charge is 2.12. The maximum Gasteiger partial charge on any atom is 0.119 e. The lowest BCUT2D eigenvalue weighted by Gasteiger charge is -2.17. The molecular formula is C21H39NO. The number of phenols is 1. The third kappa shape index (κ3) is 7.87. The van der Waals surface area contributed by atoms with Gasteiger partial charge in [0.05, 0.1) is 0 Å². The first-order valence-corrected chi connectivity index (χ1v) is 9.57. The van der Waals surface area contributed by atoms with E-state index in [0.717, 1.165) is 12.8 Å². The van der Waals surface area contributed by atoms with E-state index in [1.165, 1.54) is 80.9 Å². The maximum atomic E-state index is 10.3. The van der Waals surface area contributed by atoms with Crippen molar-refractivity contribution in [2.45, 2.75) is 97.8 Å². The van der Waals surface area contributed by atoms with Crippen molar-refractivity contribution in [2.24, 2.45) is 0 Å². The topological polar surface area (TPSA) is 55.2 Å². The summed E-state index contributed by atoms with van der Waals surface area (Å²) in [5.74, 6) is 0.529. The Balaban J connectivity index is 0.00000484. The predicted octanol–water partition coefficient (Wildman–Crippen LogP) is 6.75. The van der Waals surface area contributed by atoms with E-state index < -0.39 is 0 Å². The SMILES string of the molecule is CCCCCc1ccc(O)c(CCCCC)c1CCCCC.N. The summed E-state index contributed by atoms with van der Waals surface area (Å²) in [5, 5.41) is 10.3. The monoisotopic (exact) mass is 321 g/mol. The van der Waals surface area contributed by atoms with Crippen molar-refractivity contribution in [1.82, 2.24) is 6.15 Å². The molecule has 0 amide bonds. The number of aryl methyl sites for hydroxylation is 1. The van der Waals surface area contributed by atoms with Crippen molar-refractivity contribution >= 4 is 0 Å². The van der Waals surface area contributed by atoms with Gasteiger partial charge in [0.25, 0.3) is 0 Å². The largest absolute Gasteiger partial charge is 0.508 e. The van der Waals surface area contributed by atoms with E-state index in [0.29, 0.717) is 5.75 Å². The van der Waals surface area contributed by atoms with Crippen molar-refractivity contribution in [3.8, 4) is 5.75 Å². The summed E-state index contributed by atoms with van der Waals surface area (Å²) in [6.07, 6.45) is 14.7. The Kier molecular flexibility index (Phi) is 12.8. The molecule has 0 saturated carbocycles. The number of hydrogen-bond donors (Lipinski definition) is 2. The summed E-state index contributed by atoms with van der Waals surface area (Å²) < 4.78 is 0. The molecule has 0 unspecified atom stereocenters. The van der Waals surface area contributed by atoms with Gasteiger partial charge < -0.3 is 11.3 Å². The molecule has 0 heterocycles. The minimum Gasteiger partial charge on any atom is -0.508 e. The average Bonchev–Trinajstić information content (AvgIpc) is 2.52. The van der Waals surface area contributed by atoms with Gasteiger partial charge in [-0.2, -0.15) is 0 Å². The lowest BCUT2D eigenvalue weighted by atomic mass is 9.90. The first-order chi connectivity index (χ1) is 10.7. The van der Waals surface area contributed by atoms with Crippen LogP contribution in [0.4, 0.5) is 0 Å². The standard InChI is InChI=1S/C21H36O.H3N/c1-4-7-10-13-18-16-17-21(22)20(15-12-9-6-3)19(18)14-11-8-5-2;/h16-17,22H,4-15H2,1-3H3;1H3. The zero-order chi connectivity index (χ0) is 16.2. The van der Waals surface area contributed by atoms with Crippen LogP contribution < -0.4 is 6.15 Å². The van der Waals surface area contributed by atoms with Crippen LogP contribution in [0.3, 0.4) is 0 Å². The van der Waals surface area contributed by atoms with Crippen molar-refractivity contribution in [3.63, 3.8) is 0 Å². The Morgan fingerprint density at radius 2 is 1.13 bits per heavy atom. The zero-order valence-corrected chi connectivity index (χ0v) is 15.8. The normalized spacial score (nSPS) is 10.6. The molecule has 0 saturated heterocycles. The van der Waals surface area contributed by atoms with Crippen LogP contribution in [0.25, 0.3) is 0 Å². The number of rotatable bonds is 12. The molecular weight excluding hydrogens is 282 g/mol. The minimum atomic E-state index is 0. The van der Waals surface area contributed by atoms with Crippen molar-refractivity contribution in [1.29, 1.82) is 0 Å². The van der Waals surface area contributed by atoms with E-state index in [2.05, 4.69) is 26.8 Å². The average molecular weight is 322 g/mol. The molecule has 134 valence electrons. The smallest absolute Gasteiger partial charge is 0.119 e. The highest BCUT2D eigenvalue weighted by molar-refractivity contribution is 5.45. The summed E-state index contributed by atoms with van der Waals surface area (Å²) in [4.78, 5) is 0. The van der Waals surface area contributed by atoms with Crippen LogP contribution in [-0.2, 0) is 19.3 Å². The number of unbranched alkanes of at least 4 members (excludes halogenated alkanes) is 6. The molecule has 0 aliphatic heterocycles. The van der Waals surface area contributed by atoms with E-state index in [4.69, 9.17) is 0 Å². The number of benzene rings is 1. The number of hydrogen-bond acceptors (Lipinski definition) is 2. The fraction of sp³-hybridized carbons (Fsp3) is 0.714. The molecule has 0 radical (unpaired) electrons. The second-order valence-corrected chi connectivity index (χ2v) is 6.57. The first-order valence-electron chi connectivity index (χ1n) is 9.57. The second kappa shape index (κ2) is 13.4.